The first-order valence-corrected chi connectivity index (χ1v) is 5.32. The lowest BCUT2D eigenvalue weighted by molar-refractivity contribution is 0.102. The quantitative estimate of drug-likeness (QED) is 0.852. The lowest BCUT2D eigenvalue weighted by Gasteiger charge is -2.08. The van der Waals surface area contributed by atoms with Crippen molar-refractivity contribution >= 4 is 11.6 Å². The fourth-order valence-corrected chi connectivity index (χ4v) is 1.51. The van der Waals surface area contributed by atoms with E-state index in [0.717, 1.165) is 0 Å². The Kier molecular flexibility index (Phi) is 3.23. The Morgan fingerprint density at radius 3 is 2.67 bits per heavy atom. The smallest absolute Gasteiger partial charge is 0.257 e. The SMILES string of the molecule is Cc1cc(F)ccc1NC(=O)c1ccc(=O)[nH]c1. The summed E-state index contributed by atoms with van der Waals surface area (Å²) in [6.45, 7) is 1.70. The van der Waals surface area contributed by atoms with Crippen LogP contribution in [0.1, 0.15) is 15.9 Å². The van der Waals surface area contributed by atoms with Gasteiger partial charge in [-0.15, -0.1) is 0 Å². The van der Waals surface area contributed by atoms with Crippen LogP contribution in [0.4, 0.5) is 10.1 Å². The number of hydrogen-bond donors (Lipinski definition) is 2. The molecule has 0 aliphatic heterocycles. The second-order valence-corrected chi connectivity index (χ2v) is 3.85. The van der Waals surface area contributed by atoms with Gasteiger partial charge in [0.1, 0.15) is 5.82 Å². The summed E-state index contributed by atoms with van der Waals surface area (Å²) < 4.78 is 12.9. The highest BCUT2D eigenvalue weighted by atomic mass is 19.1. The van der Waals surface area contributed by atoms with Crippen molar-refractivity contribution in [3.63, 3.8) is 0 Å². The summed E-state index contributed by atoms with van der Waals surface area (Å²) in [5.41, 5.74) is 1.23. The van der Waals surface area contributed by atoms with E-state index in [2.05, 4.69) is 10.3 Å². The molecule has 0 fully saturated rings. The molecule has 0 aliphatic rings. The number of halogens is 1. The van der Waals surface area contributed by atoms with Crippen LogP contribution >= 0.6 is 0 Å². The summed E-state index contributed by atoms with van der Waals surface area (Å²) in [6, 6.07) is 6.80. The van der Waals surface area contributed by atoms with Crippen molar-refractivity contribution in [3.05, 3.63) is 63.8 Å². The van der Waals surface area contributed by atoms with Gasteiger partial charge in [-0.05, 0) is 36.8 Å². The van der Waals surface area contributed by atoms with Gasteiger partial charge in [-0.3, -0.25) is 9.59 Å². The molecule has 1 aromatic carbocycles. The van der Waals surface area contributed by atoms with Gasteiger partial charge in [-0.1, -0.05) is 0 Å². The van der Waals surface area contributed by atoms with Crippen LogP contribution in [-0.4, -0.2) is 10.9 Å². The lowest BCUT2D eigenvalue weighted by Crippen LogP contribution is -2.15. The summed E-state index contributed by atoms with van der Waals surface area (Å²) in [5, 5.41) is 2.65. The van der Waals surface area contributed by atoms with Gasteiger partial charge in [-0.2, -0.15) is 0 Å². The van der Waals surface area contributed by atoms with Gasteiger partial charge in [0.2, 0.25) is 5.56 Å². The van der Waals surface area contributed by atoms with Crippen molar-refractivity contribution in [1.82, 2.24) is 4.98 Å². The van der Waals surface area contributed by atoms with E-state index in [1.807, 2.05) is 0 Å². The maximum absolute atomic E-state index is 12.9. The Balaban J connectivity index is 2.21. The van der Waals surface area contributed by atoms with Gasteiger partial charge in [0, 0.05) is 18.0 Å². The molecule has 2 aromatic rings. The number of benzene rings is 1. The number of carbonyl (C=O) groups excluding carboxylic acids is 1. The zero-order valence-electron chi connectivity index (χ0n) is 9.66. The summed E-state index contributed by atoms with van der Waals surface area (Å²) in [6.07, 6.45) is 1.33. The maximum atomic E-state index is 12.9. The van der Waals surface area contributed by atoms with Crippen LogP contribution in [0.2, 0.25) is 0 Å². The number of aromatic nitrogens is 1. The zero-order valence-corrected chi connectivity index (χ0v) is 9.66. The molecule has 0 radical (unpaired) electrons. The number of pyridine rings is 1. The molecule has 5 heteroatoms. The van der Waals surface area contributed by atoms with Gasteiger partial charge in [0.25, 0.3) is 5.91 Å². The van der Waals surface area contributed by atoms with Crippen molar-refractivity contribution < 1.29 is 9.18 Å². The number of aryl methyl sites for hydroxylation is 1. The molecule has 1 aromatic heterocycles. The number of H-pyrrole nitrogens is 1. The Morgan fingerprint density at radius 1 is 1.28 bits per heavy atom. The molecular formula is C13H11FN2O2. The fourth-order valence-electron chi connectivity index (χ4n) is 1.51. The summed E-state index contributed by atoms with van der Waals surface area (Å²) in [5.74, 6) is -0.713. The van der Waals surface area contributed by atoms with Gasteiger partial charge in [0.15, 0.2) is 0 Å². The molecular weight excluding hydrogens is 235 g/mol. The van der Waals surface area contributed by atoms with E-state index in [4.69, 9.17) is 0 Å². The third-order valence-corrected chi connectivity index (χ3v) is 2.48. The van der Waals surface area contributed by atoms with E-state index in [0.29, 0.717) is 16.8 Å². The van der Waals surface area contributed by atoms with Gasteiger partial charge < -0.3 is 10.3 Å². The van der Waals surface area contributed by atoms with Gasteiger partial charge in [-0.25, -0.2) is 4.39 Å². The molecule has 1 amide bonds. The molecule has 2 N–H and O–H groups in total. The van der Waals surface area contributed by atoms with Crippen molar-refractivity contribution in [2.24, 2.45) is 0 Å². The second kappa shape index (κ2) is 4.83. The van der Waals surface area contributed by atoms with Crippen LogP contribution in [0.15, 0.2) is 41.3 Å². The van der Waals surface area contributed by atoms with E-state index in [-0.39, 0.29) is 17.3 Å². The second-order valence-electron chi connectivity index (χ2n) is 3.85. The number of amides is 1. The summed E-state index contributed by atoms with van der Waals surface area (Å²) >= 11 is 0. The number of anilines is 1. The van der Waals surface area contributed by atoms with Crippen LogP contribution in [0, 0.1) is 12.7 Å². The number of carbonyl (C=O) groups is 1. The monoisotopic (exact) mass is 246 g/mol. The van der Waals surface area contributed by atoms with Crippen LogP contribution in [0.25, 0.3) is 0 Å². The van der Waals surface area contributed by atoms with Crippen molar-refractivity contribution in [2.75, 3.05) is 5.32 Å². The molecule has 18 heavy (non-hydrogen) atoms. The van der Waals surface area contributed by atoms with E-state index in [9.17, 15) is 14.0 Å². The first kappa shape index (κ1) is 12.0. The Morgan fingerprint density at radius 2 is 2.06 bits per heavy atom. The number of nitrogens with one attached hydrogen (secondary N) is 2. The predicted molar refractivity (Wildman–Crippen MR) is 66.2 cm³/mol. The largest absolute Gasteiger partial charge is 0.328 e. The van der Waals surface area contributed by atoms with Crippen molar-refractivity contribution in [2.45, 2.75) is 6.92 Å². The van der Waals surface area contributed by atoms with Gasteiger partial charge in [0.05, 0.1) is 5.56 Å². The fraction of sp³-hybridized carbons (Fsp3) is 0.0769. The molecule has 0 bridgehead atoms. The topological polar surface area (TPSA) is 62.0 Å². The molecule has 0 atom stereocenters. The average Bonchev–Trinajstić information content (AvgIpc) is 2.33. The highest BCUT2D eigenvalue weighted by molar-refractivity contribution is 6.04. The van der Waals surface area contributed by atoms with Crippen LogP contribution < -0.4 is 10.9 Å². The van der Waals surface area contributed by atoms with Crippen LogP contribution in [0.3, 0.4) is 0 Å². The minimum Gasteiger partial charge on any atom is -0.328 e. The van der Waals surface area contributed by atoms with E-state index in [1.165, 1.54) is 36.5 Å². The lowest BCUT2D eigenvalue weighted by atomic mass is 10.2. The highest BCUT2D eigenvalue weighted by Crippen LogP contribution is 2.16. The van der Waals surface area contributed by atoms with E-state index >= 15 is 0 Å². The normalized spacial score (nSPS) is 10.1. The molecule has 0 saturated heterocycles. The average molecular weight is 246 g/mol. The third kappa shape index (κ3) is 2.63. The molecule has 92 valence electrons. The van der Waals surface area contributed by atoms with Crippen molar-refractivity contribution in [1.29, 1.82) is 0 Å². The molecule has 4 nitrogen and oxygen atoms in total. The third-order valence-electron chi connectivity index (χ3n) is 2.48. The minimum absolute atomic E-state index is 0.274. The van der Waals surface area contributed by atoms with E-state index < -0.39 is 0 Å². The molecule has 1 heterocycles. The summed E-state index contributed by atoms with van der Waals surface area (Å²) in [4.78, 5) is 25.1. The van der Waals surface area contributed by atoms with E-state index in [1.54, 1.807) is 6.92 Å². The highest BCUT2D eigenvalue weighted by Gasteiger charge is 2.08. The first-order valence-electron chi connectivity index (χ1n) is 5.32. The van der Waals surface area contributed by atoms with Crippen molar-refractivity contribution in [3.8, 4) is 0 Å². The van der Waals surface area contributed by atoms with Crippen LogP contribution in [0.5, 0.6) is 0 Å². The predicted octanol–water partition coefficient (Wildman–Crippen LogP) is 2.07. The Labute approximate surface area is 102 Å². The molecule has 0 saturated carbocycles. The summed E-state index contributed by atoms with van der Waals surface area (Å²) in [7, 11) is 0. The van der Waals surface area contributed by atoms with Gasteiger partial charge >= 0.3 is 0 Å². The number of rotatable bonds is 2. The molecule has 0 spiro atoms. The minimum atomic E-state index is -0.360. The number of hydrogen-bond acceptors (Lipinski definition) is 2. The first-order chi connectivity index (χ1) is 8.56. The standard InChI is InChI=1S/C13H11FN2O2/c1-8-6-10(14)3-4-11(8)16-13(18)9-2-5-12(17)15-7-9/h2-7H,1H3,(H,15,17)(H,16,18). The number of aromatic amines is 1. The molecule has 2 rings (SSSR count). The maximum Gasteiger partial charge on any atom is 0.257 e. The Bertz CT molecular complexity index is 629. The molecule has 0 aliphatic carbocycles. The zero-order chi connectivity index (χ0) is 13.1. The Hall–Kier alpha value is -2.43. The van der Waals surface area contributed by atoms with Crippen LogP contribution in [-0.2, 0) is 0 Å². The molecule has 0 unspecified atom stereocenters.